The molecule has 5 rings (SSSR count). The van der Waals surface area contributed by atoms with Crippen LogP contribution in [0.15, 0.2) is 43.0 Å². The molecule has 0 radical (unpaired) electrons. The smallest absolute Gasteiger partial charge is 0.296 e. The van der Waals surface area contributed by atoms with Crippen LogP contribution in [0, 0.1) is 0 Å². The zero-order valence-corrected chi connectivity index (χ0v) is 14.9. The molecule has 0 saturated heterocycles. The quantitative estimate of drug-likeness (QED) is 0.451. The van der Waals surface area contributed by atoms with Crippen molar-refractivity contribution >= 4 is 11.6 Å². The number of hydrogen-bond donors (Lipinski definition) is 0. The Labute approximate surface area is 161 Å². The van der Waals surface area contributed by atoms with E-state index in [2.05, 4.69) is 20.2 Å². The molecule has 0 N–H and O–H groups in total. The monoisotopic (exact) mass is 405 g/mol. The highest BCUT2D eigenvalue weighted by Gasteiger charge is 2.33. The van der Waals surface area contributed by atoms with Crippen LogP contribution < -0.4 is 0 Å². The first-order chi connectivity index (χ1) is 13.4. The molecule has 0 spiro atoms. The van der Waals surface area contributed by atoms with Gasteiger partial charge in [0.1, 0.15) is 12.2 Å². The zero-order valence-electron chi connectivity index (χ0n) is 14.1. The maximum absolute atomic E-state index is 12.8. The van der Waals surface area contributed by atoms with Crippen LogP contribution in [0.1, 0.15) is 17.2 Å². The van der Waals surface area contributed by atoms with Crippen molar-refractivity contribution in [3.63, 3.8) is 0 Å². The van der Waals surface area contributed by atoms with E-state index in [1.807, 2.05) is 10.6 Å². The lowest BCUT2D eigenvalue weighted by Crippen LogP contribution is -2.12. The van der Waals surface area contributed by atoms with E-state index >= 15 is 0 Å². The maximum Gasteiger partial charge on any atom is 0.435 e. The predicted octanol–water partition coefficient (Wildman–Crippen LogP) is 3.41. The second-order valence-corrected chi connectivity index (χ2v) is 6.68. The summed E-state index contributed by atoms with van der Waals surface area (Å²) in [6, 6.07) is 6.36. The van der Waals surface area contributed by atoms with Gasteiger partial charge in [0, 0.05) is 6.20 Å². The molecule has 0 aliphatic carbocycles. The molecule has 0 bridgehead atoms. The first kappa shape index (κ1) is 17.0. The molecule has 0 unspecified atom stereocenters. The van der Waals surface area contributed by atoms with Gasteiger partial charge in [0.25, 0.3) is 0 Å². The van der Waals surface area contributed by atoms with Gasteiger partial charge in [-0.2, -0.15) is 23.4 Å². The Bertz CT molecular complexity index is 1190. The SMILES string of the molecule is FC(F)(F)c1ccn(Cc2ncc3n2-c2cccc(Cl)c2-c2ncnn2C3)n1. The van der Waals surface area contributed by atoms with E-state index in [1.165, 1.54) is 17.2 Å². The summed E-state index contributed by atoms with van der Waals surface area (Å²) in [5, 5.41) is 8.35. The molecule has 4 aromatic rings. The van der Waals surface area contributed by atoms with Gasteiger partial charge < -0.3 is 0 Å². The topological polar surface area (TPSA) is 66.3 Å². The fourth-order valence-corrected chi connectivity index (χ4v) is 3.59. The summed E-state index contributed by atoms with van der Waals surface area (Å²) >= 11 is 6.44. The normalized spacial score (nSPS) is 13.0. The summed E-state index contributed by atoms with van der Waals surface area (Å²) in [5.41, 5.74) is 1.30. The van der Waals surface area contributed by atoms with Crippen LogP contribution >= 0.6 is 11.6 Å². The molecule has 7 nitrogen and oxygen atoms in total. The van der Waals surface area contributed by atoms with E-state index < -0.39 is 11.9 Å². The summed E-state index contributed by atoms with van der Waals surface area (Å²) in [6.45, 7) is 0.470. The van der Waals surface area contributed by atoms with Crippen molar-refractivity contribution in [2.45, 2.75) is 19.3 Å². The van der Waals surface area contributed by atoms with Gasteiger partial charge in [0.2, 0.25) is 0 Å². The first-order valence-electron chi connectivity index (χ1n) is 8.25. The summed E-state index contributed by atoms with van der Waals surface area (Å²) in [4.78, 5) is 8.73. The van der Waals surface area contributed by atoms with Crippen molar-refractivity contribution in [3.8, 4) is 17.1 Å². The molecular weight excluding hydrogens is 395 g/mol. The Kier molecular flexibility index (Phi) is 3.60. The Morgan fingerprint density at radius 2 is 2.00 bits per heavy atom. The van der Waals surface area contributed by atoms with Crippen molar-refractivity contribution in [3.05, 3.63) is 65.2 Å². The van der Waals surface area contributed by atoms with Crippen LogP contribution in [0.3, 0.4) is 0 Å². The molecule has 3 aromatic heterocycles. The van der Waals surface area contributed by atoms with Gasteiger partial charge in [-0.1, -0.05) is 17.7 Å². The third-order valence-corrected chi connectivity index (χ3v) is 4.84. The summed E-state index contributed by atoms with van der Waals surface area (Å²) in [6.07, 6.45) is -0.0782. The number of alkyl halides is 3. The highest BCUT2D eigenvalue weighted by Crippen LogP contribution is 2.36. The van der Waals surface area contributed by atoms with Crippen molar-refractivity contribution in [2.24, 2.45) is 0 Å². The van der Waals surface area contributed by atoms with Gasteiger partial charge in [-0.05, 0) is 18.2 Å². The van der Waals surface area contributed by atoms with Gasteiger partial charge in [-0.15, -0.1) is 0 Å². The number of aromatic nitrogens is 7. The predicted molar refractivity (Wildman–Crippen MR) is 93.0 cm³/mol. The number of hydrogen-bond acceptors (Lipinski definition) is 4. The van der Waals surface area contributed by atoms with E-state index in [9.17, 15) is 13.2 Å². The van der Waals surface area contributed by atoms with Gasteiger partial charge in [-0.3, -0.25) is 9.25 Å². The average molecular weight is 406 g/mol. The third-order valence-electron chi connectivity index (χ3n) is 4.53. The number of rotatable bonds is 2. The van der Waals surface area contributed by atoms with E-state index in [-0.39, 0.29) is 6.54 Å². The standard InChI is InChI=1S/C17H11ClF3N7/c18-11-2-1-3-12-15(11)16-23-9-24-27(16)7-10-6-22-14(28(10)12)8-26-5-4-13(25-26)17(19,20)21/h1-6,9H,7-8H2. The summed E-state index contributed by atoms with van der Waals surface area (Å²) in [5.74, 6) is 1.15. The highest BCUT2D eigenvalue weighted by molar-refractivity contribution is 6.33. The van der Waals surface area contributed by atoms with Gasteiger partial charge in [-0.25, -0.2) is 14.6 Å². The molecule has 0 amide bonds. The molecular formula is C17H11ClF3N7. The number of nitrogens with zero attached hydrogens (tertiary/aromatic N) is 7. The molecule has 0 atom stereocenters. The highest BCUT2D eigenvalue weighted by atomic mass is 35.5. The molecule has 0 saturated carbocycles. The number of fused-ring (bicyclic) bond motifs is 5. The minimum atomic E-state index is -4.49. The second kappa shape index (κ2) is 5.93. The Morgan fingerprint density at radius 3 is 2.79 bits per heavy atom. The van der Waals surface area contributed by atoms with Crippen molar-refractivity contribution < 1.29 is 13.2 Å². The third kappa shape index (κ3) is 2.60. The van der Waals surface area contributed by atoms with Crippen molar-refractivity contribution in [1.29, 1.82) is 0 Å². The van der Waals surface area contributed by atoms with Crippen LogP contribution in [-0.2, 0) is 19.3 Å². The lowest BCUT2D eigenvalue weighted by Gasteiger charge is -2.13. The van der Waals surface area contributed by atoms with Crippen LogP contribution in [0.4, 0.5) is 13.2 Å². The Morgan fingerprint density at radius 1 is 1.14 bits per heavy atom. The van der Waals surface area contributed by atoms with E-state index in [1.54, 1.807) is 23.0 Å². The van der Waals surface area contributed by atoms with E-state index in [0.717, 1.165) is 17.4 Å². The van der Waals surface area contributed by atoms with Gasteiger partial charge in [0.05, 0.1) is 41.3 Å². The lowest BCUT2D eigenvalue weighted by atomic mass is 10.1. The average Bonchev–Trinajstić information content (AvgIpc) is 3.35. The van der Waals surface area contributed by atoms with E-state index in [0.29, 0.717) is 28.8 Å². The number of benzene rings is 1. The molecule has 4 heterocycles. The fraction of sp³-hybridized carbons (Fsp3) is 0.176. The fourth-order valence-electron chi connectivity index (χ4n) is 3.34. The maximum atomic E-state index is 12.8. The molecule has 1 aliphatic rings. The molecule has 1 aromatic carbocycles. The summed E-state index contributed by atoms with van der Waals surface area (Å²) in [7, 11) is 0. The Balaban J connectivity index is 1.63. The van der Waals surface area contributed by atoms with E-state index in [4.69, 9.17) is 11.6 Å². The number of halogens is 4. The van der Waals surface area contributed by atoms with Crippen molar-refractivity contribution in [1.82, 2.24) is 34.1 Å². The molecule has 0 fully saturated rings. The zero-order chi connectivity index (χ0) is 19.5. The van der Waals surface area contributed by atoms with Crippen LogP contribution in [0.25, 0.3) is 17.1 Å². The van der Waals surface area contributed by atoms with Crippen molar-refractivity contribution in [2.75, 3.05) is 0 Å². The molecule has 1 aliphatic heterocycles. The van der Waals surface area contributed by atoms with Gasteiger partial charge in [0.15, 0.2) is 11.5 Å². The molecule has 142 valence electrons. The first-order valence-corrected chi connectivity index (χ1v) is 8.63. The largest absolute Gasteiger partial charge is 0.435 e. The van der Waals surface area contributed by atoms with Crippen LogP contribution in [0.2, 0.25) is 5.02 Å². The molecule has 28 heavy (non-hydrogen) atoms. The Hall–Kier alpha value is -3.14. The van der Waals surface area contributed by atoms with Gasteiger partial charge >= 0.3 is 6.18 Å². The lowest BCUT2D eigenvalue weighted by molar-refractivity contribution is -0.141. The second-order valence-electron chi connectivity index (χ2n) is 6.27. The minimum absolute atomic E-state index is 0.0672. The van der Waals surface area contributed by atoms with Crippen LogP contribution in [0.5, 0.6) is 0 Å². The molecule has 11 heteroatoms. The number of imidazole rings is 1. The van der Waals surface area contributed by atoms with Crippen LogP contribution in [-0.4, -0.2) is 34.1 Å². The minimum Gasteiger partial charge on any atom is -0.296 e. The summed E-state index contributed by atoms with van der Waals surface area (Å²) < 4.78 is 43.3.